The van der Waals surface area contributed by atoms with Gasteiger partial charge in [-0.05, 0) is 31.1 Å². The fraction of sp³-hybridized carbons (Fsp3) is 1.00. The average Bonchev–Trinajstić information content (AvgIpc) is 2.71. The second-order valence-corrected chi connectivity index (χ2v) is 4.04. The lowest BCUT2D eigenvalue weighted by atomic mass is 9.80. The van der Waals surface area contributed by atoms with Gasteiger partial charge < -0.3 is 5.73 Å². The molecule has 0 radical (unpaired) electrons. The van der Waals surface area contributed by atoms with Crippen LogP contribution in [-0.4, -0.2) is 6.04 Å². The molecule has 1 atom stereocenters. The molecule has 0 aromatic heterocycles. The minimum Gasteiger partial charge on any atom is -0.327 e. The van der Waals surface area contributed by atoms with E-state index in [2.05, 4.69) is 20.8 Å². The molecule has 11 heavy (non-hydrogen) atoms. The summed E-state index contributed by atoms with van der Waals surface area (Å²) < 4.78 is 0. The van der Waals surface area contributed by atoms with Gasteiger partial charge in [-0.3, -0.25) is 0 Å². The van der Waals surface area contributed by atoms with Crippen molar-refractivity contribution in [2.75, 3.05) is 0 Å². The van der Waals surface area contributed by atoms with E-state index < -0.39 is 0 Å². The van der Waals surface area contributed by atoms with Crippen LogP contribution in [-0.2, 0) is 0 Å². The van der Waals surface area contributed by atoms with Gasteiger partial charge in [-0.25, -0.2) is 0 Å². The molecule has 0 aliphatic heterocycles. The van der Waals surface area contributed by atoms with E-state index in [1.54, 1.807) is 0 Å². The molecule has 2 N–H and O–H groups in total. The van der Waals surface area contributed by atoms with E-state index in [9.17, 15) is 0 Å². The number of hydrogen-bond acceptors (Lipinski definition) is 1. The van der Waals surface area contributed by atoms with Crippen LogP contribution in [0.5, 0.6) is 0 Å². The summed E-state index contributed by atoms with van der Waals surface area (Å²) >= 11 is 0. The van der Waals surface area contributed by atoms with Crippen molar-refractivity contribution in [1.29, 1.82) is 0 Å². The van der Waals surface area contributed by atoms with Gasteiger partial charge in [0.2, 0.25) is 0 Å². The maximum absolute atomic E-state index is 5.98. The van der Waals surface area contributed by atoms with Crippen LogP contribution < -0.4 is 5.73 Å². The van der Waals surface area contributed by atoms with Crippen molar-refractivity contribution in [2.45, 2.75) is 52.5 Å². The fourth-order valence-corrected chi connectivity index (χ4v) is 2.48. The molecule has 0 bridgehead atoms. The molecular weight excluding hydrogens is 134 g/mol. The standard InChI is InChI=1S/C10H21N/c1-4-9(5-2)10(6-7-10)8(3)11/h8-9H,4-7,11H2,1-3H3. The van der Waals surface area contributed by atoms with Crippen LogP contribution in [0.4, 0.5) is 0 Å². The summed E-state index contributed by atoms with van der Waals surface area (Å²) in [5, 5.41) is 0. The number of hydrogen-bond donors (Lipinski definition) is 1. The molecule has 1 fully saturated rings. The fourth-order valence-electron chi connectivity index (χ4n) is 2.48. The maximum Gasteiger partial charge on any atom is 0.00696 e. The summed E-state index contributed by atoms with van der Waals surface area (Å²) in [6.45, 7) is 6.75. The first kappa shape index (κ1) is 9.05. The normalized spacial score (nSPS) is 23.7. The van der Waals surface area contributed by atoms with Gasteiger partial charge in [0.15, 0.2) is 0 Å². The smallest absolute Gasteiger partial charge is 0.00696 e. The molecule has 0 aromatic rings. The zero-order valence-electron chi connectivity index (χ0n) is 8.06. The van der Waals surface area contributed by atoms with Crippen molar-refractivity contribution in [1.82, 2.24) is 0 Å². The van der Waals surface area contributed by atoms with Crippen LogP contribution in [0.3, 0.4) is 0 Å². The van der Waals surface area contributed by atoms with Gasteiger partial charge in [0, 0.05) is 6.04 Å². The summed E-state index contributed by atoms with van der Waals surface area (Å²) in [5.41, 5.74) is 6.53. The van der Waals surface area contributed by atoms with Crippen molar-refractivity contribution >= 4 is 0 Å². The summed E-state index contributed by atoms with van der Waals surface area (Å²) in [4.78, 5) is 0. The molecule has 0 aromatic carbocycles. The summed E-state index contributed by atoms with van der Waals surface area (Å²) in [6, 6.07) is 0.410. The topological polar surface area (TPSA) is 26.0 Å². The van der Waals surface area contributed by atoms with E-state index in [0.717, 1.165) is 5.92 Å². The largest absolute Gasteiger partial charge is 0.327 e. The first-order valence-corrected chi connectivity index (χ1v) is 4.93. The van der Waals surface area contributed by atoms with Crippen molar-refractivity contribution in [3.8, 4) is 0 Å². The first-order valence-electron chi connectivity index (χ1n) is 4.93. The molecule has 0 amide bonds. The van der Waals surface area contributed by atoms with Crippen LogP contribution in [0.25, 0.3) is 0 Å². The van der Waals surface area contributed by atoms with E-state index in [1.807, 2.05) is 0 Å². The van der Waals surface area contributed by atoms with E-state index >= 15 is 0 Å². The van der Waals surface area contributed by atoms with E-state index in [4.69, 9.17) is 5.73 Å². The molecule has 1 rings (SSSR count). The van der Waals surface area contributed by atoms with E-state index in [0.29, 0.717) is 11.5 Å². The monoisotopic (exact) mass is 155 g/mol. The third-order valence-corrected chi connectivity index (χ3v) is 3.53. The van der Waals surface area contributed by atoms with Gasteiger partial charge in [0.1, 0.15) is 0 Å². The summed E-state index contributed by atoms with van der Waals surface area (Å²) in [6.07, 6.45) is 5.35. The summed E-state index contributed by atoms with van der Waals surface area (Å²) in [5.74, 6) is 0.877. The molecular formula is C10H21N. The third kappa shape index (κ3) is 1.44. The highest BCUT2D eigenvalue weighted by molar-refractivity contribution is 5.02. The molecule has 0 spiro atoms. The molecule has 1 aliphatic rings. The number of rotatable bonds is 4. The second-order valence-electron chi connectivity index (χ2n) is 4.04. The van der Waals surface area contributed by atoms with Crippen molar-refractivity contribution in [2.24, 2.45) is 17.1 Å². The Morgan fingerprint density at radius 3 is 1.82 bits per heavy atom. The van der Waals surface area contributed by atoms with Crippen molar-refractivity contribution < 1.29 is 0 Å². The molecule has 1 saturated carbocycles. The minimum atomic E-state index is 0.410. The van der Waals surface area contributed by atoms with Crippen LogP contribution in [0.15, 0.2) is 0 Å². The van der Waals surface area contributed by atoms with Crippen LogP contribution in [0.1, 0.15) is 46.5 Å². The SMILES string of the molecule is CCC(CC)C1(C(C)N)CC1. The summed E-state index contributed by atoms with van der Waals surface area (Å²) in [7, 11) is 0. The Bertz CT molecular complexity index is 121. The lowest BCUT2D eigenvalue weighted by molar-refractivity contribution is 0.248. The predicted octanol–water partition coefficient (Wildman–Crippen LogP) is 2.55. The predicted molar refractivity (Wildman–Crippen MR) is 49.4 cm³/mol. The molecule has 66 valence electrons. The Morgan fingerprint density at radius 1 is 1.27 bits per heavy atom. The highest BCUT2D eigenvalue weighted by Gasteiger charge is 2.50. The third-order valence-electron chi connectivity index (χ3n) is 3.53. The lowest BCUT2D eigenvalue weighted by Gasteiger charge is -2.28. The van der Waals surface area contributed by atoms with E-state index in [1.165, 1.54) is 25.7 Å². The van der Waals surface area contributed by atoms with Crippen LogP contribution >= 0.6 is 0 Å². The Morgan fingerprint density at radius 2 is 1.73 bits per heavy atom. The highest BCUT2D eigenvalue weighted by atomic mass is 14.7. The molecule has 1 unspecified atom stereocenters. The Labute approximate surface area is 70.4 Å². The zero-order chi connectivity index (χ0) is 8.48. The van der Waals surface area contributed by atoms with Crippen molar-refractivity contribution in [3.05, 3.63) is 0 Å². The quantitative estimate of drug-likeness (QED) is 0.663. The van der Waals surface area contributed by atoms with Gasteiger partial charge in [0.05, 0.1) is 0 Å². The van der Waals surface area contributed by atoms with Gasteiger partial charge in [-0.1, -0.05) is 26.7 Å². The van der Waals surface area contributed by atoms with Gasteiger partial charge in [-0.15, -0.1) is 0 Å². The van der Waals surface area contributed by atoms with Gasteiger partial charge >= 0.3 is 0 Å². The lowest BCUT2D eigenvalue weighted by Crippen LogP contribution is -2.33. The Hall–Kier alpha value is -0.0400. The molecule has 0 saturated heterocycles. The second kappa shape index (κ2) is 3.14. The Kier molecular flexibility index (Phi) is 2.58. The van der Waals surface area contributed by atoms with Gasteiger partial charge in [0.25, 0.3) is 0 Å². The molecule has 1 aliphatic carbocycles. The molecule has 1 heteroatoms. The van der Waals surface area contributed by atoms with Crippen LogP contribution in [0.2, 0.25) is 0 Å². The maximum atomic E-state index is 5.98. The van der Waals surface area contributed by atoms with E-state index in [-0.39, 0.29) is 0 Å². The van der Waals surface area contributed by atoms with Gasteiger partial charge in [-0.2, -0.15) is 0 Å². The Balaban J connectivity index is 2.55. The molecule has 1 nitrogen and oxygen atoms in total. The highest BCUT2D eigenvalue weighted by Crippen LogP contribution is 2.56. The minimum absolute atomic E-state index is 0.410. The first-order chi connectivity index (χ1) is 5.17. The van der Waals surface area contributed by atoms with Crippen LogP contribution in [0, 0.1) is 11.3 Å². The number of nitrogens with two attached hydrogens (primary N) is 1. The zero-order valence-corrected chi connectivity index (χ0v) is 8.06. The van der Waals surface area contributed by atoms with Crippen molar-refractivity contribution in [3.63, 3.8) is 0 Å². The average molecular weight is 155 g/mol. The molecule has 0 heterocycles.